The van der Waals surface area contributed by atoms with Crippen molar-refractivity contribution in [2.24, 2.45) is 7.05 Å². The number of rotatable bonds is 3. The van der Waals surface area contributed by atoms with Gasteiger partial charge in [0.25, 0.3) is 0 Å². The SMILES string of the molecule is COC(=O)C1(c2csc(-c3cnn(C)c3)n2)CC1. The Kier molecular flexibility index (Phi) is 2.48. The first-order valence-electron chi connectivity index (χ1n) is 5.69. The first kappa shape index (κ1) is 11.4. The molecule has 3 rings (SSSR count). The van der Waals surface area contributed by atoms with Crippen molar-refractivity contribution in [2.75, 3.05) is 7.11 Å². The number of hydrogen-bond donors (Lipinski definition) is 0. The van der Waals surface area contributed by atoms with Gasteiger partial charge in [-0.05, 0) is 12.8 Å². The van der Waals surface area contributed by atoms with Crippen LogP contribution in [0, 0.1) is 0 Å². The summed E-state index contributed by atoms with van der Waals surface area (Å²) >= 11 is 1.54. The molecule has 2 aromatic rings. The van der Waals surface area contributed by atoms with Crippen molar-refractivity contribution >= 4 is 17.3 Å². The largest absolute Gasteiger partial charge is 0.468 e. The number of thiazole rings is 1. The summed E-state index contributed by atoms with van der Waals surface area (Å²) in [6, 6.07) is 0. The second kappa shape index (κ2) is 3.91. The average Bonchev–Trinajstić information content (AvgIpc) is 2.84. The van der Waals surface area contributed by atoms with Crippen LogP contribution in [0.1, 0.15) is 18.5 Å². The van der Waals surface area contributed by atoms with Crippen molar-refractivity contribution in [1.29, 1.82) is 0 Å². The molecule has 94 valence electrons. The molecule has 1 fully saturated rings. The third-order valence-electron chi connectivity index (χ3n) is 3.27. The van der Waals surface area contributed by atoms with Crippen LogP contribution in [-0.4, -0.2) is 27.8 Å². The van der Waals surface area contributed by atoms with Crippen molar-refractivity contribution in [3.05, 3.63) is 23.5 Å². The number of hydrogen-bond acceptors (Lipinski definition) is 5. The van der Waals surface area contributed by atoms with Gasteiger partial charge in [-0.3, -0.25) is 9.48 Å². The molecule has 0 unspecified atom stereocenters. The highest BCUT2D eigenvalue weighted by atomic mass is 32.1. The molecule has 0 radical (unpaired) electrons. The van der Waals surface area contributed by atoms with Crippen LogP contribution in [0.3, 0.4) is 0 Å². The zero-order chi connectivity index (χ0) is 12.8. The average molecular weight is 263 g/mol. The Hall–Kier alpha value is -1.69. The van der Waals surface area contributed by atoms with Gasteiger partial charge < -0.3 is 4.74 Å². The lowest BCUT2D eigenvalue weighted by molar-refractivity contribution is -0.143. The minimum Gasteiger partial charge on any atom is -0.468 e. The van der Waals surface area contributed by atoms with Crippen molar-refractivity contribution in [2.45, 2.75) is 18.3 Å². The maximum Gasteiger partial charge on any atom is 0.317 e. The van der Waals surface area contributed by atoms with Gasteiger partial charge >= 0.3 is 5.97 Å². The standard InChI is InChI=1S/C12H13N3O2S/c1-15-6-8(5-13-15)10-14-9(7-18-10)12(3-4-12)11(16)17-2/h5-7H,3-4H2,1-2H3. The summed E-state index contributed by atoms with van der Waals surface area (Å²) in [5.74, 6) is -0.175. The fraction of sp³-hybridized carbons (Fsp3) is 0.417. The summed E-state index contributed by atoms with van der Waals surface area (Å²) in [5.41, 5.74) is 1.33. The second-order valence-corrected chi connectivity index (χ2v) is 5.37. The highest BCUT2D eigenvalue weighted by Gasteiger charge is 2.54. The van der Waals surface area contributed by atoms with Crippen molar-refractivity contribution in [1.82, 2.24) is 14.8 Å². The van der Waals surface area contributed by atoms with E-state index in [9.17, 15) is 4.79 Å². The molecule has 0 spiro atoms. The van der Waals surface area contributed by atoms with Crippen LogP contribution in [0.2, 0.25) is 0 Å². The third kappa shape index (κ3) is 1.64. The van der Waals surface area contributed by atoms with E-state index in [0.29, 0.717) is 0 Å². The Bertz CT molecular complexity index is 598. The Morgan fingerprint density at radius 3 is 2.89 bits per heavy atom. The Morgan fingerprint density at radius 1 is 1.56 bits per heavy atom. The summed E-state index contributed by atoms with van der Waals surface area (Å²) < 4.78 is 6.60. The lowest BCUT2D eigenvalue weighted by atomic mass is 10.0. The predicted octanol–water partition coefficient (Wildman–Crippen LogP) is 1.75. The van der Waals surface area contributed by atoms with Crippen LogP contribution in [0.25, 0.3) is 10.6 Å². The molecule has 0 bridgehead atoms. The Morgan fingerprint density at radius 2 is 2.33 bits per heavy atom. The second-order valence-electron chi connectivity index (χ2n) is 4.51. The van der Waals surface area contributed by atoms with Crippen LogP contribution in [0.5, 0.6) is 0 Å². The van der Waals surface area contributed by atoms with Gasteiger partial charge in [0.1, 0.15) is 10.4 Å². The third-order valence-corrected chi connectivity index (χ3v) is 4.16. The maximum absolute atomic E-state index is 11.8. The zero-order valence-corrected chi connectivity index (χ0v) is 11.0. The number of methoxy groups -OCH3 is 1. The number of aromatic nitrogens is 3. The van der Waals surface area contributed by atoms with Crippen molar-refractivity contribution in [3.63, 3.8) is 0 Å². The number of carbonyl (C=O) groups excluding carboxylic acids is 1. The van der Waals surface area contributed by atoms with E-state index in [1.54, 1.807) is 10.9 Å². The molecule has 1 saturated carbocycles. The first-order chi connectivity index (χ1) is 8.65. The molecule has 0 N–H and O–H groups in total. The molecule has 6 heteroatoms. The number of nitrogens with zero attached hydrogens (tertiary/aromatic N) is 3. The van der Waals surface area contributed by atoms with Crippen molar-refractivity contribution < 1.29 is 9.53 Å². The maximum atomic E-state index is 11.8. The normalized spacial score (nSPS) is 16.6. The highest BCUT2D eigenvalue weighted by Crippen LogP contribution is 2.49. The molecule has 2 aromatic heterocycles. The molecule has 0 aromatic carbocycles. The molecular weight excluding hydrogens is 250 g/mol. The Labute approximate surface area is 108 Å². The van der Waals surface area contributed by atoms with E-state index in [0.717, 1.165) is 29.1 Å². The van der Waals surface area contributed by atoms with E-state index >= 15 is 0 Å². The molecule has 1 aliphatic carbocycles. The van der Waals surface area contributed by atoms with E-state index in [1.165, 1.54) is 18.4 Å². The number of carbonyl (C=O) groups is 1. The first-order valence-corrected chi connectivity index (χ1v) is 6.57. The van der Waals surface area contributed by atoms with Crippen LogP contribution in [-0.2, 0) is 22.0 Å². The topological polar surface area (TPSA) is 57.0 Å². The summed E-state index contributed by atoms with van der Waals surface area (Å²) in [6.07, 6.45) is 5.35. The molecule has 5 nitrogen and oxygen atoms in total. The van der Waals surface area contributed by atoms with Gasteiger partial charge in [-0.25, -0.2) is 4.98 Å². The summed E-state index contributed by atoms with van der Waals surface area (Å²) in [4.78, 5) is 16.3. The molecule has 1 aliphatic rings. The molecule has 0 saturated heterocycles. The summed E-state index contributed by atoms with van der Waals surface area (Å²) in [5, 5.41) is 6.97. The van der Waals surface area contributed by atoms with Gasteiger partial charge in [-0.2, -0.15) is 5.10 Å². The summed E-state index contributed by atoms with van der Waals surface area (Å²) in [7, 11) is 3.30. The van der Waals surface area contributed by atoms with Gasteiger partial charge in [0.2, 0.25) is 0 Å². The molecule has 2 heterocycles. The van der Waals surface area contributed by atoms with Gasteiger partial charge in [-0.1, -0.05) is 0 Å². The van der Waals surface area contributed by atoms with Crippen LogP contribution in [0.4, 0.5) is 0 Å². The lowest BCUT2D eigenvalue weighted by Crippen LogP contribution is -2.22. The summed E-state index contributed by atoms with van der Waals surface area (Å²) in [6.45, 7) is 0. The fourth-order valence-electron chi connectivity index (χ4n) is 2.04. The monoisotopic (exact) mass is 263 g/mol. The fourth-order valence-corrected chi connectivity index (χ4v) is 2.94. The van der Waals surface area contributed by atoms with E-state index in [4.69, 9.17) is 4.74 Å². The number of esters is 1. The van der Waals surface area contributed by atoms with Gasteiger partial charge in [0, 0.05) is 24.2 Å². The van der Waals surface area contributed by atoms with E-state index in [1.807, 2.05) is 18.6 Å². The molecular formula is C12H13N3O2S. The van der Waals surface area contributed by atoms with Gasteiger partial charge in [0.05, 0.1) is 19.0 Å². The molecule has 0 aliphatic heterocycles. The van der Waals surface area contributed by atoms with Crippen molar-refractivity contribution in [3.8, 4) is 10.6 Å². The molecule has 0 amide bonds. The highest BCUT2D eigenvalue weighted by molar-refractivity contribution is 7.13. The van der Waals surface area contributed by atoms with E-state index in [-0.39, 0.29) is 5.97 Å². The lowest BCUT2D eigenvalue weighted by Gasteiger charge is -2.08. The number of aryl methyl sites for hydroxylation is 1. The minimum absolute atomic E-state index is 0.175. The zero-order valence-electron chi connectivity index (χ0n) is 10.2. The molecule has 0 atom stereocenters. The van der Waals surface area contributed by atoms with E-state index in [2.05, 4.69) is 10.1 Å². The quantitative estimate of drug-likeness (QED) is 0.792. The van der Waals surface area contributed by atoms with Gasteiger partial charge in [0.15, 0.2) is 0 Å². The predicted molar refractivity (Wildman–Crippen MR) is 67.2 cm³/mol. The smallest absolute Gasteiger partial charge is 0.317 e. The molecule has 18 heavy (non-hydrogen) atoms. The van der Waals surface area contributed by atoms with Crippen LogP contribution in [0.15, 0.2) is 17.8 Å². The van der Waals surface area contributed by atoms with Gasteiger partial charge in [-0.15, -0.1) is 11.3 Å². The van der Waals surface area contributed by atoms with E-state index < -0.39 is 5.41 Å². The Balaban J connectivity index is 1.93. The minimum atomic E-state index is -0.480. The number of ether oxygens (including phenoxy) is 1. The van der Waals surface area contributed by atoms with Crippen LogP contribution < -0.4 is 0 Å². The van der Waals surface area contributed by atoms with Crippen LogP contribution >= 0.6 is 11.3 Å².